The Labute approximate surface area is 68.5 Å². The van der Waals surface area contributed by atoms with Crippen molar-refractivity contribution in [2.24, 2.45) is 17.8 Å². The van der Waals surface area contributed by atoms with Gasteiger partial charge in [0, 0.05) is 5.92 Å². The number of allylic oxidation sites excluding steroid dienone is 1. The van der Waals surface area contributed by atoms with E-state index >= 15 is 0 Å². The van der Waals surface area contributed by atoms with Gasteiger partial charge in [0.1, 0.15) is 5.78 Å². The van der Waals surface area contributed by atoms with E-state index in [9.17, 15) is 4.79 Å². The van der Waals surface area contributed by atoms with E-state index in [2.05, 4.69) is 13.5 Å². The highest BCUT2D eigenvalue weighted by Crippen LogP contribution is 2.44. The van der Waals surface area contributed by atoms with Crippen LogP contribution in [-0.2, 0) is 4.79 Å². The summed E-state index contributed by atoms with van der Waals surface area (Å²) in [5.41, 5.74) is 1.32. The van der Waals surface area contributed by atoms with Crippen molar-refractivity contribution in [3.8, 4) is 0 Å². The molecule has 3 atom stereocenters. The molecule has 62 valence electrons. The van der Waals surface area contributed by atoms with Gasteiger partial charge in [-0.25, -0.2) is 0 Å². The molecule has 0 aliphatic heterocycles. The average molecular weight is 152 g/mol. The summed E-state index contributed by atoms with van der Waals surface area (Å²) in [6, 6.07) is 0. The molecular formula is C10H16O. The largest absolute Gasteiger partial charge is 0.300 e. The van der Waals surface area contributed by atoms with Gasteiger partial charge < -0.3 is 0 Å². The van der Waals surface area contributed by atoms with Gasteiger partial charge in [-0.15, -0.1) is 0 Å². The summed E-state index contributed by atoms with van der Waals surface area (Å²) in [5.74, 6) is 1.64. The highest BCUT2D eigenvalue weighted by atomic mass is 16.1. The van der Waals surface area contributed by atoms with E-state index in [0.717, 1.165) is 6.42 Å². The second-order valence-electron chi connectivity index (χ2n) is 3.73. The Morgan fingerprint density at radius 2 is 2.09 bits per heavy atom. The lowest BCUT2D eigenvalue weighted by Crippen LogP contribution is -2.17. The zero-order valence-electron chi connectivity index (χ0n) is 7.55. The first-order chi connectivity index (χ1) is 5.04. The molecule has 0 spiro atoms. The number of hydrogen-bond acceptors (Lipinski definition) is 1. The van der Waals surface area contributed by atoms with Crippen molar-refractivity contribution in [1.29, 1.82) is 0 Å². The third kappa shape index (κ3) is 1.70. The molecule has 0 heterocycles. The number of rotatable bonds is 3. The molecule has 1 aliphatic carbocycles. The zero-order chi connectivity index (χ0) is 8.59. The molecule has 1 rings (SSSR count). The van der Waals surface area contributed by atoms with Crippen LogP contribution in [0.15, 0.2) is 12.2 Å². The summed E-state index contributed by atoms with van der Waals surface area (Å²) in [5, 5.41) is 0. The van der Waals surface area contributed by atoms with E-state index in [0.29, 0.717) is 17.6 Å². The molecule has 3 unspecified atom stereocenters. The van der Waals surface area contributed by atoms with Crippen LogP contribution >= 0.6 is 0 Å². The molecule has 1 fully saturated rings. The highest BCUT2D eigenvalue weighted by Gasteiger charge is 2.36. The molecular weight excluding hydrogens is 136 g/mol. The molecule has 0 radical (unpaired) electrons. The van der Waals surface area contributed by atoms with Crippen molar-refractivity contribution in [2.75, 3.05) is 0 Å². The maximum Gasteiger partial charge on any atom is 0.132 e. The summed E-state index contributed by atoms with van der Waals surface area (Å²) >= 11 is 0. The second-order valence-corrected chi connectivity index (χ2v) is 3.73. The first kappa shape index (κ1) is 8.51. The summed E-state index contributed by atoms with van der Waals surface area (Å²) in [7, 11) is 0. The average Bonchev–Trinajstić information content (AvgIpc) is 2.63. The number of ketones is 1. The van der Waals surface area contributed by atoms with Gasteiger partial charge in [0.25, 0.3) is 0 Å². The van der Waals surface area contributed by atoms with Crippen LogP contribution in [-0.4, -0.2) is 5.78 Å². The van der Waals surface area contributed by atoms with Crippen molar-refractivity contribution in [3.05, 3.63) is 12.2 Å². The van der Waals surface area contributed by atoms with Gasteiger partial charge in [0.15, 0.2) is 0 Å². The molecule has 0 aromatic carbocycles. The molecule has 0 aromatic rings. The first-order valence-electron chi connectivity index (χ1n) is 4.22. The van der Waals surface area contributed by atoms with Crippen molar-refractivity contribution in [2.45, 2.75) is 27.2 Å². The third-order valence-electron chi connectivity index (χ3n) is 2.91. The van der Waals surface area contributed by atoms with Gasteiger partial charge in [0.2, 0.25) is 0 Å². The summed E-state index contributed by atoms with van der Waals surface area (Å²) in [6.07, 6.45) is 1.14. The normalized spacial score (nSPS) is 27.9. The minimum atomic E-state index is 0.208. The van der Waals surface area contributed by atoms with Crippen LogP contribution in [0, 0.1) is 17.8 Å². The molecule has 0 bridgehead atoms. The molecule has 1 aliphatic rings. The van der Waals surface area contributed by atoms with Gasteiger partial charge in [-0.05, 0) is 25.2 Å². The Morgan fingerprint density at radius 3 is 2.36 bits per heavy atom. The Hall–Kier alpha value is -0.590. The summed E-state index contributed by atoms with van der Waals surface area (Å²) in [4.78, 5) is 11.0. The van der Waals surface area contributed by atoms with Gasteiger partial charge in [0.05, 0.1) is 0 Å². The Kier molecular flexibility index (Phi) is 2.17. The Morgan fingerprint density at radius 1 is 1.64 bits per heavy atom. The molecule has 0 N–H and O–H groups in total. The predicted molar refractivity (Wildman–Crippen MR) is 46.3 cm³/mol. The standard InChI is InChI=1S/C10H16O/c1-6-5-10(6)8(3)7(2)9(4)11/h7-8,10H,1,5H2,2-4H3. The molecule has 1 saturated carbocycles. The summed E-state index contributed by atoms with van der Waals surface area (Å²) < 4.78 is 0. The van der Waals surface area contributed by atoms with Crippen LogP contribution in [0.4, 0.5) is 0 Å². The van der Waals surface area contributed by atoms with Gasteiger partial charge in [-0.2, -0.15) is 0 Å². The SMILES string of the molecule is C=C1CC1C(C)C(C)C(C)=O. The quantitative estimate of drug-likeness (QED) is 0.568. The van der Waals surface area contributed by atoms with Crippen LogP contribution in [0.3, 0.4) is 0 Å². The molecule has 0 aromatic heterocycles. The Balaban J connectivity index is 2.47. The van der Waals surface area contributed by atoms with Gasteiger partial charge >= 0.3 is 0 Å². The Bertz CT molecular complexity index is 193. The molecule has 0 saturated heterocycles. The van der Waals surface area contributed by atoms with Gasteiger partial charge in [-0.1, -0.05) is 26.0 Å². The van der Waals surface area contributed by atoms with Crippen LogP contribution in [0.1, 0.15) is 27.2 Å². The molecule has 0 amide bonds. The van der Waals surface area contributed by atoms with Crippen molar-refractivity contribution in [3.63, 3.8) is 0 Å². The highest BCUT2D eigenvalue weighted by molar-refractivity contribution is 5.78. The number of carbonyl (C=O) groups excluding carboxylic acids is 1. The van der Waals surface area contributed by atoms with E-state index < -0.39 is 0 Å². The minimum Gasteiger partial charge on any atom is -0.300 e. The fourth-order valence-corrected chi connectivity index (χ4v) is 1.50. The van der Waals surface area contributed by atoms with Crippen molar-refractivity contribution < 1.29 is 4.79 Å². The van der Waals surface area contributed by atoms with Gasteiger partial charge in [-0.3, -0.25) is 4.79 Å². The lowest BCUT2D eigenvalue weighted by atomic mass is 9.88. The summed E-state index contributed by atoms with van der Waals surface area (Å²) in [6.45, 7) is 9.73. The maximum absolute atomic E-state index is 11.0. The van der Waals surface area contributed by atoms with Crippen LogP contribution in [0.25, 0.3) is 0 Å². The van der Waals surface area contributed by atoms with Crippen LogP contribution < -0.4 is 0 Å². The van der Waals surface area contributed by atoms with E-state index in [1.54, 1.807) is 6.92 Å². The van der Waals surface area contributed by atoms with Crippen LogP contribution in [0.5, 0.6) is 0 Å². The lowest BCUT2D eigenvalue weighted by molar-refractivity contribution is -0.121. The fraction of sp³-hybridized carbons (Fsp3) is 0.700. The predicted octanol–water partition coefficient (Wildman–Crippen LogP) is 2.42. The number of Topliss-reactive ketones (excluding diaryl/α,β-unsaturated/α-hetero) is 1. The number of carbonyl (C=O) groups is 1. The van der Waals surface area contributed by atoms with Crippen LogP contribution in [0.2, 0.25) is 0 Å². The smallest absolute Gasteiger partial charge is 0.132 e. The fourth-order valence-electron chi connectivity index (χ4n) is 1.50. The maximum atomic E-state index is 11.0. The van der Waals surface area contributed by atoms with E-state index in [1.807, 2.05) is 6.92 Å². The van der Waals surface area contributed by atoms with E-state index in [1.165, 1.54) is 5.57 Å². The van der Waals surface area contributed by atoms with Crippen molar-refractivity contribution >= 4 is 5.78 Å². The van der Waals surface area contributed by atoms with E-state index in [-0.39, 0.29) is 5.92 Å². The van der Waals surface area contributed by atoms with E-state index in [4.69, 9.17) is 0 Å². The lowest BCUT2D eigenvalue weighted by Gasteiger charge is -2.15. The zero-order valence-corrected chi connectivity index (χ0v) is 7.55. The number of hydrogen-bond donors (Lipinski definition) is 0. The third-order valence-corrected chi connectivity index (χ3v) is 2.91. The monoisotopic (exact) mass is 152 g/mol. The second kappa shape index (κ2) is 2.80. The molecule has 1 nitrogen and oxygen atoms in total. The van der Waals surface area contributed by atoms with Crippen molar-refractivity contribution in [1.82, 2.24) is 0 Å². The topological polar surface area (TPSA) is 17.1 Å². The first-order valence-corrected chi connectivity index (χ1v) is 4.22. The molecule has 1 heteroatoms. The molecule has 11 heavy (non-hydrogen) atoms. The minimum absolute atomic E-state index is 0.208.